The van der Waals surface area contributed by atoms with Crippen LogP contribution < -0.4 is 5.32 Å². The Morgan fingerprint density at radius 1 is 1.16 bits per heavy atom. The normalized spacial score (nSPS) is 11.6. The first-order chi connectivity index (χ1) is 9.22. The van der Waals surface area contributed by atoms with E-state index in [1.165, 1.54) is 35.7 Å². The summed E-state index contributed by atoms with van der Waals surface area (Å²) in [5.74, 6) is 0.688. The number of rotatable bonds is 7. The summed E-state index contributed by atoms with van der Waals surface area (Å²) < 4.78 is 2.42. The third-order valence-corrected chi connectivity index (χ3v) is 3.56. The van der Waals surface area contributed by atoms with Gasteiger partial charge in [-0.25, -0.2) is 0 Å². The predicted molar refractivity (Wildman–Crippen MR) is 83.6 cm³/mol. The second kappa shape index (κ2) is 6.76. The Bertz CT molecular complexity index is 511. The number of nitrogens with zero attached hydrogens (tertiary/aromatic N) is 1. The highest BCUT2D eigenvalue weighted by atomic mass is 15.0. The van der Waals surface area contributed by atoms with Gasteiger partial charge in [-0.1, -0.05) is 32.0 Å². The van der Waals surface area contributed by atoms with Crippen LogP contribution in [0.2, 0.25) is 0 Å². The van der Waals surface area contributed by atoms with E-state index in [0.29, 0.717) is 5.92 Å². The molecule has 0 atom stereocenters. The molecule has 104 valence electrons. The molecule has 0 aliphatic heterocycles. The van der Waals surface area contributed by atoms with E-state index in [2.05, 4.69) is 54.2 Å². The lowest BCUT2D eigenvalue weighted by Gasteiger charge is -2.07. The number of aromatic nitrogens is 1. The molecule has 0 saturated heterocycles. The summed E-state index contributed by atoms with van der Waals surface area (Å²) >= 11 is 0. The van der Waals surface area contributed by atoms with Crippen LogP contribution in [-0.4, -0.2) is 18.2 Å². The zero-order valence-electron chi connectivity index (χ0n) is 12.4. The van der Waals surface area contributed by atoms with Crippen molar-refractivity contribution in [3.63, 3.8) is 0 Å². The number of hydrogen-bond donors (Lipinski definition) is 1. The lowest BCUT2D eigenvalue weighted by Crippen LogP contribution is -2.07. The average Bonchev–Trinajstić information content (AvgIpc) is 2.73. The first-order valence-corrected chi connectivity index (χ1v) is 7.43. The van der Waals surface area contributed by atoms with Crippen molar-refractivity contribution in [3.8, 4) is 0 Å². The van der Waals surface area contributed by atoms with Crippen LogP contribution in [-0.2, 0) is 13.0 Å². The fourth-order valence-electron chi connectivity index (χ4n) is 2.68. The second-order valence-electron chi connectivity index (χ2n) is 5.78. The van der Waals surface area contributed by atoms with Crippen molar-refractivity contribution >= 4 is 10.9 Å². The third kappa shape index (κ3) is 3.60. The quantitative estimate of drug-likeness (QED) is 0.747. The van der Waals surface area contributed by atoms with Crippen LogP contribution in [0, 0.1) is 5.92 Å². The van der Waals surface area contributed by atoms with Crippen LogP contribution in [0.5, 0.6) is 0 Å². The Kier molecular flexibility index (Phi) is 5.03. The van der Waals surface area contributed by atoms with E-state index in [4.69, 9.17) is 0 Å². The van der Waals surface area contributed by atoms with Gasteiger partial charge in [-0.05, 0) is 50.4 Å². The number of fused-ring (bicyclic) bond motifs is 1. The molecule has 0 amide bonds. The maximum absolute atomic E-state index is 3.22. The molecule has 0 saturated carbocycles. The number of hydrogen-bond acceptors (Lipinski definition) is 1. The largest absolute Gasteiger partial charge is 0.347 e. The number of aryl methyl sites for hydroxylation is 1. The summed E-state index contributed by atoms with van der Waals surface area (Å²) in [6.45, 7) is 6.78. The Morgan fingerprint density at radius 3 is 2.68 bits per heavy atom. The number of para-hydroxylation sites is 1. The van der Waals surface area contributed by atoms with Crippen LogP contribution in [0.3, 0.4) is 0 Å². The smallest absolute Gasteiger partial charge is 0.0483 e. The molecular weight excluding hydrogens is 232 g/mol. The van der Waals surface area contributed by atoms with Gasteiger partial charge in [0.2, 0.25) is 0 Å². The molecule has 1 aromatic carbocycles. The molecule has 0 fully saturated rings. The standard InChI is InChI=1S/C17H26N2/c1-14(2)12-19-13-15(8-6-7-11-18-3)16-9-4-5-10-17(16)19/h4-5,9-10,13-14,18H,6-8,11-12H2,1-3H3. The molecule has 0 radical (unpaired) electrons. The lowest BCUT2D eigenvalue weighted by molar-refractivity contribution is 0.534. The van der Waals surface area contributed by atoms with Gasteiger partial charge in [-0.15, -0.1) is 0 Å². The molecule has 2 rings (SSSR count). The van der Waals surface area contributed by atoms with E-state index in [1.54, 1.807) is 0 Å². The lowest BCUT2D eigenvalue weighted by atomic mass is 10.1. The Hall–Kier alpha value is -1.28. The molecule has 1 aromatic heterocycles. The minimum absolute atomic E-state index is 0.688. The minimum Gasteiger partial charge on any atom is -0.347 e. The molecule has 0 spiro atoms. The van der Waals surface area contributed by atoms with Gasteiger partial charge in [-0.3, -0.25) is 0 Å². The van der Waals surface area contributed by atoms with Crippen molar-refractivity contribution in [2.45, 2.75) is 39.7 Å². The van der Waals surface area contributed by atoms with Gasteiger partial charge in [0.15, 0.2) is 0 Å². The summed E-state index contributed by atoms with van der Waals surface area (Å²) in [6.07, 6.45) is 6.06. The van der Waals surface area contributed by atoms with Gasteiger partial charge >= 0.3 is 0 Å². The SMILES string of the molecule is CNCCCCc1cn(CC(C)C)c2ccccc12. The predicted octanol–water partition coefficient (Wildman–Crippen LogP) is 3.84. The molecule has 19 heavy (non-hydrogen) atoms. The summed E-state index contributed by atoms with van der Waals surface area (Å²) in [6, 6.07) is 8.80. The highest BCUT2D eigenvalue weighted by Crippen LogP contribution is 2.23. The van der Waals surface area contributed by atoms with Crippen molar-refractivity contribution < 1.29 is 0 Å². The van der Waals surface area contributed by atoms with E-state index in [-0.39, 0.29) is 0 Å². The molecule has 0 aliphatic carbocycles. The van der Waals surface area contributed by atoms with Gasteiger partial charge < -0.3 is 9.88 Å². The monoisotopic (exact) mass is 258 g/mol. The average molecular weight is 258 g/mol. The van der Waals surface area contributed by atoms with E-state index < -0.39 is 0 Å². The van der Waals surface area contributed by atoms with E-state index in [0.717, 1.165) is 13.1 Å². The summed E-state index contributed by atoms with van der Waals surface area (Å²) in [5.41, 5.74) is 2.90. The number of unbranched alkanes of at least 4 members (excludes halogenated alkanes) is 1. The van der Waals surface area contributed by atoms with Gasteiger partial charge in [0.05, 0.1) is 0 Å². The van der Waals surface area contributed by atoms with E-state index in [1.807, 2.05) is 7.05 Å². The van der Waals surface area contributed by atoms with Gasteiger partial charge in [-0.2, -0.15) is 0 Å². The van der Waals surface area contributed by atoms with Crippen LogP contribution in [0.1, 0.15) is 32.3 Å². The van der Waals surface area contributed by atoms with Gasteiger partial charge in [0.25, 0.3) is 0 Å². The van der Waals surface area contributed by atoms with E-state index in [9.17, 15) is 0 Å². The van der Waals surface area contributed by atoms with Gasteiger partial charge in [0, 0.05) is 23.6 Å². The molecule has 2 nitrogen and oxygen atoms in total. The van der Waals surface area contributed by atoms with Crippen molar-refractivity contribution in [3.05, 3.63) is 36.0 Å². The van der Waals surface area contributed by atoms with Crippen molar-refractivity contribution in [2.24, 2.45) is 5.92 Å². The number of benzene rings is 1. The Labute approximate surface area is 116 Å². The summed E-state index contributed by atoms with van der Waals surface area (Å²) in [4.78, 5) is 0. The molecule has 2 heteroatoms. The second-order valence-corrected chi connectivity index (χ2v) is 5.78. The zero-order chi connectivity index (χ0) is 13.7. The van der Waals surface area contributed by atoms with E-state index >= 15 is 0 Å². The summed E-state index contributed by atoms with van der Waals surface area (Å²) in [7, 11) is 2.02. The molecule has 2 aromatic rings. The fourth-order valence-corrected chi connectivity index (χ4v) is 2.68. The molecule has 0 aliphatic rings. The molecule has 0 bridgehead atoms. The first-order valence-electron chi connectivity index (χ1n) is 7.43. The van der Waals surface area contributed by atoms with Crippen LogP contribution in [0.15, 0.2) is 30.5 Å². The van der Waals surface area contributed by atoms with Gasteiger partial charge in [0.1, 0.15) is 0 Å². The Morgan fingerprint density at radius 2 is 1.95 bits per heavy atom. The third-order valence-electron chi connectivity index (χ3n) is 3.56. The fraction of sp³-hybridized carbons (Fsp3) is 0.529. The van der Waals surface area contributed by atoms with Crippen LogP contribution in [0.25, 0.3) is 10.9 Å². The molecule has 0 unspecified atom stereocenters. The van der Waals surface area contributed by atoms with Crippen molar-refractivity contribution in [2.75, 3.05) is 13.6 Å². The first kappa shape index (κ1) is 14.1. The minimum atomic E-state index is 0.688. The maximum atomic E-state index is 3.22. The van der Waals surface area contributed by atoms with Crippen molar-refractivity contribution in [1.29, 1.82) is 0 Å². The number of nitrogens with one attached hydrogen (secondary N) is 1. The maximum Gasteiger partial charge on any atom is 0.0483 e. The Balaban J connectivity index is 2.18. The molecular formula is C17H26N2. The molecule has 1 heterocycles. The topological polar surface area (TPSA) is 17.0 Å². The zero-order valence-corrected chi connectivity index (χ0v) is 12.4. The molecule has 1 N–H and O–H groups in total. The highest BCUT2D eigenvalue weighted by molar-refractivity contribution is 5.83. The summed E-state index contributed by atoms with van der Waals surface area (Å²) in [5, 5.41) is 4.65. The van der Waals surface area contributed by atoms with Crippen molar-refractivity contribution in [1.82, 2.24) is 9.88 Å². The van der Waals surface area contributed by atoms with Crippen LogP contribution in [0.4, 0.5) is 0 Å². The highest BCUT2D eigenvalue weighted by Gasteiger charge is 2.08. The van der Waals surface area contributed by atoms with Crippen LogP contribution >= 0.6 is 0 Å².